The Morgan fingerprint density at radius 1 is 0.964 bits per heavy atom. The summed E-state index contributed by atoms with van der Waals surface area (Å²) in [6.45, 7) is 12.4. The molecule has 3 N–H and O–H groups in total. The molecule has 55 heavy (non-hydrogen) atoms. The smallest absolute Gasteiger partial charge is 0.411 e. The molecule has 1 atom stereocenters. The molecular weight excluding hydrogens is 711 g/mol. The number of anilines is 2. The lowest BCUT2D eigenvalue weighted by atomic mass is 10.1. The maximum Gasteiger partial charge on any atom is 0.411 e. The SMILES string of the molecule is CCC[C@@H](CCO[Si](c1ccccc1)(c1ccccc1)C(C)(C)C)Nc1nc(NC(=O)O)nc2cnn(Cc3cc(CN(C)CCN(C)C)cnc3OC)c12. The van der Waals surface area contributed by atoms with E-state index < -0.39 is 14.4 Å². The van der Waals surface area contributed by atoms with Crippen molar-refractivity contribution in [3.63, 3.8) is 0 Å². The minimum Gasteiger partial charge on any atom is -0.481 e. The van der Waals surface area contributed by atoms with Crippen LogP contribution in [0.3, 0.4) is 0 Å². The van der Waals surface area contributed by atoms with Crippen LogP contribution in [0, 0.1) is 0 Å². The summed E-state index contributed by atoms with van der Waals surface area (Å²) >= 11 is 0. The minimum absolute atomic E-state index is 0.0251. The lowest BCUT2D eigenvalue weighted by molar-refractivity contribution is 0.209. The zero-order valence-corrected chi connectivity index (χ0v) is 34.5. The molecule has 0 aliphatic heterocycles. The third-order valence-corrected chi connectivity index (χ3v) is 14.8. The molecule has 0 fully saturated rings. The molecule has 0 saturated heterocycles. The van der Waals surface area contributed by atoms with E-state index in [4.69, 9.17) is 19.2 Å². The molecule has 5 aromatic rings. The second kappa shape index (κ2) is 18.6. The van der Waals surface area contributed by atoms with Crippen LogP contribution < -0.4 is 25.7 Å². The van der Waals surface area contributed by atoms with Crippen LogP contribution in [0.15, 0.2) is 79.1 Å². The highest BCUT2D eigenvalue weighted by Gasteiger charge is 2.50. The van der Waals surface area contributed by atoms with Gasteiger partial charge in [0.05, 0.1) is 19.9 Å². The highest BCUT2D eigenvalue weighted by molar-refractivity contribution is 6.99. The summed E-state index contributed by atoms with van der Waals surface area (Å²) in [7, 11) is 5.10. The summed E-state index contributed by atoms with van der Waals surface area (Å²) in [5.41, 5.74) is 3.07. The van der Waals surface area contributed by atoms with Crippen molar-refractivity contribution in [2.45, 2.75) is 71.1 Å². The maximum atomic E-state index is 11.7. The Balaban J connectivity index is 1.46. The average molecular weight is 768 g/mol. The number of ether oxygens (including phenoxy) is 1. The first-order valence-electron chi connectivity index (χ1n) is 18.9. The van der Waals surface area contributed by atoms with Gasteiger partial charge < -0.3 is 29.4 Å². The maximum absolute atomic E-state index is 11.7. The van der Waals surface area contributed by atoms with Gasteiger partial charge >= 0.3 is 6.09 Å². The van der Waals surface area contributed by atoms with Gasteiger partial charge in [0.2, 0.25) is 11.8 Å². The first kappa shape index (κ1) is 41.3. The molecule has 0 bridgehead atoms. The van der Waals surface area contributed by atoms with Crippen molar-refractivity contribution in [2.24, 2.45) is 0 Å². The molecular formula is C41H57N9O4Si. The number of fused-ring (bicyclic) bond motifs is 1. The Bertz CT molecular complexity index is 1950. The van der Waals surface area contributed by atoms with Gasteiger partial charge in [0.25, 0.3) is 8.32 Å². The van der Waals surface area contributed by atoms with Gasteiger partial charge in [-0.2, -0.15) is 10.1 Å². The van der Waals surface area contributed by atoms with Crippen LogP contribution in [0.25, 0.3) is 11.0 Å². The van der Waals surface area contributed by atoms with Crippen LogP contribution in [-0.2, 0) is 17.5 Å². The Hall–Kier alpha value is -4.89. The number of hydrogen-bond donors (Lipinski definition) is 3. The second-order valence-electron chi connectivity index (χ2n) is 15.3. The number of nitrogens with one attached hydrogen (secondary N) is 2. The molecule has 0 saturated carbocycles. The van der Waals surface area contributed by atoms with Crippen molar-refractivity contribution in [1.82, 2.24) is 34.5 Å². The fourth-order valence-corrected chi connectivity index (χ4v) is 11.8. The molecule has 5 rings (SSSR count). The van der Waals surface area contributed by atoms with Gasteiger partial charge in [0.1, 0.15) is 11.0 Å². The lowest BCUT2D eigenvalue weighted by Gasteiger charge is -2.43. The Morgan fingerprint density at radius 3 is 2.22 bits per heavy atom. The van der Waals surface area contributed by atoms with Crippen molar-refractivity contribution < 1.29 is 19.1 Å². The Labute approximate surface area is 326 Å². The molecule has 0 unspecified atom stereocenters. The fraction of sp³-hybridized carbons (Fsp3) is 0.439. The number of carbonyl (C=O) groups is 1. The zero-order valence-electron chi connectivity index (χ0n) is 33.5. The molecule has 294 valence electrons. The standard InChI is InChI=1S/C41H57N9O4Si/c1-9-16-32(21-24-54-55(41(2,3)4,33-17-12-10-13-18-33)34-19-14-11-15-20-34)44-37-36-35(45-39(46-37)47-40(51)52)27-43-50(36)29-31-25-30(26-42-38(31)53-8)28-49(7)23-22-48(5)6/h10-15,17-20,25-27,32H,9,16,21-24,28-29H2,1-8H3,(H,51,52)(H2,44,45,46,47)/t32-/m0/s1. The van der Waals surface area contributed by atoms with Crippen LogP contribution >= 0.6 is 0 Å². The average Bonchev–Trinajstić information content (AvgIpc) is 3.55. The highest BCUT2D eigenvalue weighted by Crippen LogP contribution is 2.37. The number of benzene rings is 2. The predicted molar refractivity (Wildman–Crippen MR) is 222 cm³/mol. The van der Waals surface area contributed by atoms with Gasteiger partial charge in [-0.05, 0) is 61.0 Å². The first-order chi connectivity index (χ1) is 26.3. The van der Waals surface area contributed by atoms with Crippen LogP contribution in [0.5, 0.6) is 5.88 Å². The molecule has 13 nitrogen and oxygen atoms in total. The number of carboxylic acid groups (broad SMARTS) is 1. The zero-order chi connectivity index (χ0) is 39.6. The van der Waals surface area contributed by atoms with E-state index in [9.17, 15) is 9.90 Å². The van der Waals surface area contributed by atoms with Gasteiger partial charge in [-0.25, -0.2) is 14.8 Å². The summed E-state index contributed by atoms with van der Waals surface area (Å²) in [5, 5.41) is 22.6. The monoisotopic (exact) mass is 767 g/mol. The summed E-state index contributed by atoms with van der Waals surface area (Å²) in [6.07, 6.45) is 4.69. The number of amides is 1. The number of nitrogens with zero attached hydrogens (tertiary/aromatic N) is 7. The Kier molecular flexibility index (Phi) is 14.0. The van der Waals surface area contributed by atoms with Crippen LogP contribution in [0.2, 0.25) is 5.04 Å². The van der Waals surface area contributed by atoms with E-state index in [0.717, 1.165) is 43.6 Å². The molecule has 1 amide bonds. The topological polar surface area (TPSA) is 143 Å². The Morgan fingerprint density at radius 2 is 1.64 bits per heavy atom. The van der Waals surface area contributed by atoms with E-state index in [1.54, 1.807) is 13.3 Å². The third-order valence-electron chi connectivity index (χ3n) is 9.76. The number of hydrogen-bond acceptors (Lipinski definition) is 10. The summed E-state index contributed by atoms with van der Waals surface area (Å²) in [6, 6.07) is 23.3. The first-order valence-corrected chi connectivity index (χ1v) is 20.9. The number of rotatable bonds is 19. The van der Waals surface area contributed by atoms with Crippen molar-refractivity contribution in [3.05, 3.63) is 90.3 Å². The summed E-state index contributed by atoms with van der Waals surface area (Å²) in [5.74, 6) is 0.969. The third kappa shape index (κ3) is 10.3. The van der Waals surface area contributed by atoms with Crippen molar-refractivity contribution in [1.29, 1.82) is 0 Å². The van der Waals surface area contributed by atoms with Crippen molar-refractivity contribution in [3.8, 4) is 5.88 Å². The van der Waals surface area contributed by atoms with E-state index in [1.165, 1.54) is 10.4 Å². The van der Waals surface area contributed by atoms with Gasteiger partial charge in [-0.15, -0.1) is 0 Å². The van der Waals surface area contributed by atoms with Crippen LogP contribution in [-0.4, -0.2) is 108 Å². The molecule has 14 heteroatoms. The molecule has 3 heterocycles. The van der Waals surface area contributed by atoms with Crippen molar-refractivity contribution in [2.75, 3.05) is 58.6 Å². The van der Waals surface area contributed by atoms with Gasteiger partial charge in [-0.3, -0.25) is 10.00 Å². The minimum atomic E-state index is -2.74. The quantitative estimate of drug-likeness (QED) is 0.0864. The number of likely N-dealkylation sites (N-methyl/N-ethyl adjacent to an activating group) is 2. The fourth-order valence-electron chi connectivity index (χ4n) is 7.17. The van der Waals surface area contributed by atoms with Crippen LogP contribution in [0.1, 0.15) is 58.1 Å². The summed E-state index contributed by atoms with van der Waals surface area (Å²) in [4.78, 5) is 30.0. The highest BCUT2D eigenvalue weighted by atomic mass is 28.4. The van der Waals surface area contributed by atoms with E-state index >= 15 is 0 Å². The van der Waals surface area contributed by atoms with Crippen LogP contribution in [0.4, 0.5) is 16.6 Å². The number of pyridine rings is 1. The summed E-state index contributed by atoms with van der Waals surface area (Å²) < 4.78 is 14.8. The van der Waals surface area contributed by atoms with E-state index in [0.29, 0.717) is 42.3 Å². The van der Waals surface area contributed by atoms with Gasteiger partial charge in [0.15, 0.2) is 5.82 Å². The van der Waals surface area contributed by atoms with E-state index in [2.05, 4.69) is 134 Å². The normalized spacial score (nSPS) is 12.7. The predicted octanol–water partition coefficient (Wildman–Crippen LogP) is 5.91. The largest absolute Gasteiger partial charge is 0.481 e. The number of methoxy groups -OCH3 is 1. The molecule has 0 spiro atoms. The van der Waals surface area contributed by atoms with Crippen molar-refractivity contribution >= 4 is 47.6 Å². The van der Waals surface area contributed by atoms with E-state index in [1.807, 2.05) is 23.0 Å². The number of aromatic nitrogens is 5. The molecule has 0 aliphatic carbocycles. The van der Waals surface area contributed by atoms with E-state index in [-0.39, 0.29) is 17.0 Å². The second-order valence-corrected chi connectivity index (χ2v) is 19.7. The molecule has 0 radical (unpaired) electrons. The lowest BCUT2D eigenvalue weighted by Crippen LogP contribution is -2.66. The van der Waals surface area contributed by atoms with Gasteiger partial charge in [-0.1, -0.05) is 94.8 Å². The van der Waals surface area contributed by atoms with Gasteiger partial charge in [0, 0.05) is 44.0 Å². The molecule has 0 aliphatic rings. The molecule has 2 aromatic carbocycles. The molecule has 3 aromatic heterocycles.